The molecule has 2 aromatic rings. The van der Waals surface area contributed by atoms with E-state index in [2.05, 4.69) is 11.6 Å². The second-order valence-electron chi connectivity index (χ2n) is 3.01. The largest absolute Gasteiger partial charge is 0.440 e. The number of nitrogens with zero attached hydrogens (tertiary/aromatic N) is 2. The maximum absolute atomic E-state index is 10.5. The second-order valence-corrected chi connectivity index (χ2v) is 3.01. The van der Waals surface area contributed by atoms with E-state index in [4.69, 9.17) is 4.42 Å². The van der Waals surface area contributed by atoms with E-state index in [1.165, 1.54) is 12.1 Å². The first-order valence-electron chi connectivity index (χ1n) is 4.35. The molecule has 1 aromatic heterocycles. The smallest absolute Gasteiger partial charge is 0.273 e. The Morgan fingerprint density at radius 1 is 1.60 bits per heavy atom. The summed E-state index contributed by atoms with van der Waals surface area (Å²) in [6.45, 7) is 3.56. The number of rotatable bonds is 3. The highest BCUT2D eigenvalue weighted by atomic mass is 16.6. The van der Waals surface area contributed by atoms with Crippen LogP contribution in [0.1, 0.15) is 5.89 Å². The summed E-state index contributed by atoms with van der Waals surface area (Å²) < 4.78 is 5.31. The number of hydrogen-bond acceptors (Lipinski definition) is 4. The van der Waals surface area contributed by atoms with Crippen LogP contribution in [0.4, 0.5) is 5.69 Å². The number of benzene rings is 1. The van der Waals surface area contributed by atoms with E-state index in [1.54, 1.807) is 12.1 Å². The van der Waals surface area contributed by atoms with Crippen LogP contribution < -0.4 is 0 Å². The second kappa shape index (κ2) is 3.53. The Labute approximate surface area is 85.2 Å². The van der Waals surface area contributed by atoms with Crippen LogP contribution in [0.3, 0.4) is 0 Å². The Balaban J connectivity index is 2.51. The van der Waals surface area contributed by atoms with Crippen LogP contribution in [0.2, 0.25) is 0 Å². The first-order chi connectivity index (χ1) is 7.20. The van der Waals surface area contributed by atoms with E-state index in [0.717, 1.165) is 0 Å². The maximum Gasteiger partial charge on any atom is 0.273 e. The number of aromatic nitrogens is 1. The molecule has 0 radical (unpaired) electrons. The molecular formula is C10H8N2O3. The molecule has 0 saturated carbocycles. The summed E-state index contributed by atoms with van der Waals surface area (Å²) in [7, 11) is 0. The van der Waals surface area contributed by atoms with Gasteiger partial charge in [-0.3, -0.25) is 10.1 Å². The number of non-ortho nitro benzene ring substituents is 1. The highest BCUT2D eigenvalue weighted by Crippen LogP contribution is 2.21. The fourth-order valence-corrected chi connectivity index (χ4v) is 1.29. The SMILES string of the molecule is C=CCc1nc2ccc([N+](=O)[O-])cc2o1. The number of oxazole rings is 1. The summed E-state index contributed by atoms with van der Waals surface area (Å²) in [6, 6.07) is 4.35. The number of fused-ring (bicyclic) bond motifs is 1. The van der Waals surface area contributed by atoms with Gasteiger partial charge in [0.2, 0.25) is 0 Å². The first kappa shape index (κ1) is 9.39. The molecule has 0 atom stereocenters. The molecule has 1 heterocycles. The van der Waals surface area contributed by atoms with E-state index in [0.29, 0.717) is 23.4 Å². The van der Waals surface area contributed by atoms with Crippen molar-refractivity contribution in [2.75, 3.05) is 0 Å². The Morgan fingerprint density at radius 3 is 3.07 bits per heavy atom. The molecule has 5 heteroatoms. The van der Waals surface area contributed by atoms with Gasteiger partial charge in [0, 0.05) is 12.5 Å². The van der Waals surface area contributed by atoms with Gasteiger partial charge in [-0.1, -0.05) is 6.08 Å². The summed E-state index contributed by atoms with van der Waals surface area (Å²) in [4.78, 5) is 14.2. The number of nitro benzene ring substituents is 1. The van der Waals surface area contributed by atoms with Gasteiger partial charge in [0.1, 0.15) is 5.52 Å². The quantitative estimate of drug-likeness (QED) is 0.437. The summed E-state index contributed by atoms with van der Waals surface area (Å²) >= 11 is 0. The molecule has 0 saturated heterocycles. The van der Waals surface area contributed by atoms with Crippen molar-refractivity contribution in [1.29, 1.82) is 0 Å². The lowest BCUT2D eigenvalue weighted by molar-refractivity contribution is -0.384. The number of allylic oxidation sites excluding steroid dienone is 1. The van der Waals surface area contributed by atoms with Gasteiger partial charge in [0.25, 0.3) is 5.69 Å². The Bertz CT molecular complexity index is 530. The van der Waals surface area contributed by atoms with Crippen molar-refractivity contribution in [1.82, 2.24) is 4.98 Å². The van der Waals surface area contributed by atoms with Crippen LogP contribution in [0.5, 0.6) is 0 Å². The summed E-state index contributed by atoms with van der Waals surface area (Å²) in [5.41, 5.74) is 1.06. The van der Waals surface area contributed by atoms with Crippen LogP contribution >= 0.6 is 0 Å². The lowest BCUT2D eigenvalue weighted by Crippen LogP contribution is -1.86. The zero-order chi connectivity index (χ0) is 10.8. The van der Waals surface area contributed by atoms with Gasteiger partial charge in [-0.15, -0.1) is 6.58 Å². The highest BCUT2D eigenvalue weighted by Gasteiger charge is 2.10. The van der Waals surface area contributed by atoms with Crippen molar-refractivity contribution in [2.45, 2.75) is 6.42 Å². The predicted molar refractivity (Wildman–Crippen MR) is 54.6 cm³/mol. The number of nitro groups is 1. The third-order valence-corrected chi connectivity index (χ3v) is 1.95. The minimum absolute atomic E-state index is 0.00352. The predicted octanol–water partition coefficient (Wildman–Crippen LogP) is 2.46. The fourth-order valence-electron chi connectivity index (χ4n) is 1.29. The molecular weight excluding hydrogens is 196 g/mol. The van der Waals surface area contributed by atoms with Crippen LogP contribution in [0, 0.1) is 10.1 Å². The zero-order valence-electron chi connectivity index (χ0n) is 7.84. The van der Waals surface area contributed by atoms with E-state index in [9.17, 15) is 10.1 Å². The van der Waals surface area contributed by atoms with Crippen molar-refractivity contribution >= 4 is 16.8 Å². The van der Waals surface area contributed by atoms with Crippen molar-refractivity contribution in [3.63, 3.8) is 0 Å². The minimum atomic E-state index is -0.463. The normalized spacial score (nSPS) is 10.4. The summed E-state index contributed by atoms with van der Waals surface area (Å²) in [6.07, 6.45) is 2.18. The molecule has 0 aliphatic carbocycles. The molecule has 2 rings (SSSR count). The summed E-state index contributed by atoms with van der Waals surface area (Å²) in [5.74, 6) is 0.514. The van der Waals surface area contributed by atoms with Crippen molar-refractivity contribution in [2.24, 2.45) is 0 Å². The molecule has 0 aliphatic heterocycles. The molecule has 0 N–H and O–H groups in total. The zero-order valence-corrected chi connectivity index (χ0v) is 7.84. The van der Waals surface area contributed by atoms with Gasteiger partial charge in [-0.05, 0) is 6.07 Å². The van der Waals surface area contributed by atoms with Gasteiger partial charge in [-0.2, -0.15) is 0 Å². The average molecular weight is 204 g/mol. The van der Waals surface area contributed by atoms with Crippen LogP contribution in [0.15, 0.2) is 35.3 Å². The van der Waals surface area contributed by atoms with Gasteiger partial charge < -0.3 is 4.42 Å². The first-order valence-corrected chi connectivity index (χ1v) is 4.35. The molecule has 15 heavy (non-hydrogen) atoms. The maximum atomic E-state index is 10.5. The Kier molecular flexibility index (Phi) is 2.21. The third-order valence-electron chi connectivity index (χ3n) is 1.95. The van der Waals surface area contributed by atoms with Gasteiger partial charge in [-0.25, -0.2) is 4.98 Å². The molecule has 1 aromatic carbocycles. The Hall–Kier alpha value is -2.17. The van der Waals surface area contributed by atoms with E-state index in [1.807, 2.05) is 0 Å². The van der Waals surface area contributed by atoms with Crippen molar-refractivity contribution < 1.29 is 9.34 Å². The van der Waals surface area contributed by atoms with Crippen LogP contribution in [-0.4, -0.2) is 9.91 Å². The lowest BCUT2D eigenvalue weighted by Gasteiger charge is -1.88. The average Bonchev–Trinajstić information content (AvgIpc) is 2.59. The minimum Gasteiger partial charge on any atom is -0.440 e. The monoisotopic (exact) mass is 204 g/mol. The molecule has 0 fully saturated rings. The van der Waals surface area contributed by atoms with Gasteiger partial charge in [0.05, 0.1) is 11.0 Å². The highest BCUT2D eigenvalue weighted by molar-refractivity contribution is 5.75. The van der Waals surface area contributed by atoms with Crippen LogP contribution in [-0.2, 0) is 6.42 Å². The van der Waals surface area contributed by atoms with Gasteiger partial charge in [0.15, 0.2) is 11.5 Å². The molecule has 0 amide bonds. The lowest BCUT2D eigenvalue weighted by atomic mass is 10.3. The summed E-state index contributed by atoms with van der Waals surface area (Å²) in [5, 5.41) is 10.5. The Morgan fingerprint density at radius 2 is 2.40 bits per heavy atom. The topological polar surface area (TPSA) is 69.2 Å². The van der Waals surface area contributed by atoms with Crippen LogP contribution in [0.25, 0.3) is 11.1 Å². The van der Waals surface area contributed by atoms with Gasteiger partial charge >= 0.3 is 0 Å². The molecule has 5 nitrogen and oxygen atoms in total. The van der Waals surface area contributed by atoms with E-state index >= 15 is 0 Å². The standard InChI is InChI=1S/C10H8N2O3/c1-2-3-10-11-8-5-4-7(12(13)14)6-9(8)15-10/h2,4-6H,1,3H2. The fraction of sp³-hybridized carbons (Fsp3) is 0.100. The molecule has 0 bridgehead atoms. The molecule has 76 valence electrons. The molecule has 0 spiro atoms. The van der Waals surface area contributed by atoms with Crippen molar-refractivity contribution in [3.05, 3.63) is 46.9 Å². The van der Waals surface area contributed by atoms with E-state index in [-0.39, 0.29) is 5.69 Å². The number of hydrogen-bond donors (Lipinski definition) is 0. The molecule has 0 unspecified atom stereocenters. The van der Waals surface area contributed by atoms with Crippen molar-refractivity contribution in [3.8, 4) is 0 Å². The molecule has 0 aliphatic rings. The van der Waals surface area contributed by atoms with E-state index < -0.39 is 4.92 Å². The third kappa shape index (κ3) is 1.71.